The average molecular weight is 433 g/mol. The van der Waals surface area contributed by atoms with Crippen molar-refractivity contribution in [2.75, 3.05) is 11.1 Å². The molecule has 14 heteroatoms. The zero-order valence-electron chi connectivity index (χ0n) is 13.1. The molecule has 26 heavy (non-hydrogen) atoms. The fraction of sp³-hybridized carbons (Fsp3) is 0.417. The molecule has 1 atom stereocenters. The van der Waals surface area contributed by atoms with Crippen LogP contribution in [0.5, 0.6) is 0 Å². The topological polar surface area (TPSA) is 135 Å². The van der Waals surface area contributed by atoms with Gasteiger partial charge in [-0.05, 0) is 18.6 Å². The van der Waals surface area contributed by atoms with Crippen LogP contribution in [0.25, 0.3) is 0 Å². The second-order valence-corrected chi connectivity index (χ2v) is 9.82. The molecule has 8 nitrogen and oxygen atoms in total. The van der Waals surface area contributed by atoms with Gasteiger partial charge < -0.3 is 5.32 Å². The van der Waals surface area contributed by atoms with Gasteiger partial charge in [-0.2, -0.15) is 17.9 Å². The molecule has 0 amide bonds. The molecule has 1 heterocycles. The first-order chi connectivity index (χ1) is 11.7. The molecule has 1 aliphatic rings. The fourth-order valence-electron chi connectivity index (χ4n) is 2.27. The molecular formula is C12H14F3N3O5S3. The number of nitrogens with two attached hydrogens (primary N) is 1. The predicted molar refractivity (Wildman–Crippen MR) is 88.3 cm³/mol. The Balaban J connectivity index is 2.52. The molecular weight excluding hydrogens is 419 g/mol. The molecule has 1 aliphatic heterocycles. The Morgan fingerprint density at radius 3 is 2.46 bits per heavy atom. The van der Waals surface area contributed by atoms with Crippen LogP contribution in [0.1, 0.15) is 18.9 Å². The summed E-state index contributed by atoms with van der Waals surface area (Å²) in [6.07, 6.45) is -5.91. The first kappa shape index (κ1) is 21.0. The Hall–Kier alpha value is -1.35. The summed E-state index contributed by atoms with van der Waals surface area (Å²) in [5.41, 5.74) is -1.97. The van der Waals surface area contributed by atoms with E-state index in [1.54, 1.807) is 0 Å². The second kappa shape index (κ2) is 6.99. The molecule has 1 aromatic carbocycles. The standard InChI is InChI=1S/C12H14F3N3O5S3/c1-6(19)24-3-2-11-17-8-4-7(12(13,14)15)9(25(16,20)21)5-10(8)26(22,23)18-11/h4-5,11,17-18H,2-3H2,1H3,(H2,16,20,21). The first-order valence-corrected chi connectivity index (χ1v) is 10.9. The minimum atomic E-state index is -5.06. The lowest BCUT2D eigenvalue weighted by molar-refractivity contribution is -0.139. The molecule has 0 saturated carbocycles. The number of fused-ring (bicyclic) bond motifs is 1. The van der Waals surface area contributed by atoms with E-state index in [1.165, 1.54) is 6.92 Å². The van der Waals surface area contributed by atoms with E-state index in [1.807, 2.05) is 0 Å². The van der Waals surface area contributed by atoms with Crippen molar-refractivity contribution in [3.05, 3.63) is 17.7 Å². The number of anilines is 1. The molecule has 0 radical (unpaired) electrons. The summed E-state index contributed by atoms with van der Waals surface area (Å²) in [7, 11) is -9.10. The van der Waals surface area contributed by atoms with E-state index in [0.717, 1.165) is 11.8 Å². The van der Waals surface area contributed by atoms with Gasteiger partial charge in [0.25, 0.3) is 0 Å². The van der Waals surface area contributed by atoms with E-state index < -0.39 is 53.4 Å². The third-order valence-electron chi connectivity index (χ3n) is 3.32. The Labute approximate surface area is 151 Å². The van der Waals surface area contributed by atoms with Gasteiger partial charge in [0.1, 0.15) is 4.90 Å². The van der Waals surface area contributed by atoms with Crippen molar-refractivity contribution in [2.45, 2.75) is 35.5 Å². The average Bonchev–Trinajstić information content (AvgIpc) is 2.43. The van der Waals surface area contributed by atoms with Gasteiger partial charge in [-0.25, -0.2) is 22.0 Å². The van der Waals surface area contributed by atoms with Gasteiger partial charge in [-0.15, -0.1) is 0 Å². The Kier molecular flexibility index (Phi) is 5.64. The summed E-state index contributed by atoms with van der Waals surface area (Å²) in [6.45, 7) is 1.32. The summed E-state index contributed by atoms with van der Waals surface area (Å²) >= 11 is 0.930. The van der Waals surface area contributed by atoms with Crippen molar-refractivity contribution >= 4 is 42.6 Å². The van der Waals surface area contributed by atoms with Crippen LogP contribution in [-0.2, 0) is 31.0 Å². The lowest BCUT2D eigenvalue weighted by Crippen LogP contribution is -2.45. The van der Waals surface area contributed by atoms with E-state index in [9.17, 15) is 34.8 Å². The van der Waals surface area contributed by atoms with Gasteiger partial charge in [-0.3, -0.25) is 4.79 Å². The van der Waals surface area contributed by atoms with Crippen molar-refractivity contribution in [2.24, 2.45) is 5.14 Å². The van der Waals surface area contributed by atoms with Crippen molar-refractivity contribution in [3.63, 3.8) is 0 Å². The van der Waals surface area contributed by atoms with Gasteiger partial charge in [0, 0.05) is 12.7 Å². The highest BCUT2D eigenvalue weighted by molar-refractivity contribution is 8.13. The van der Waals surface area contributed by atoms with Crippen LogP contribution < -0.4 is 15.2 Å². The number of thioether (sulfide) groups is 1. The second-order valence-electron chi connectivity index (χ2n) is 5.33. The van der Waals surface area contributed by atoms with Gasteiger partial charge in [0.2, 0.25) is 20.0 Å². The first-order valence-electron chi connectivity index (χ1n) is 6.92. The van der Waals surface area contributed by atoms with Crippen molar-refractivity contribution in [1.82, 2.24) is 4.72 Å². The van der Waals surface area contributed by atoms with E-state index in [-0.39, 0.29) is 17.3 Å². The Morgan fingerprint density at radius 1 is 1.35 bits per heavy atom. The Morgan fingerprint density at radius 2 is 1.96 bits per heavy atom. The molecule has 1 aromatic rings. The molecule has 0 aliphatic carbocycles. The highest BCUT2D eigenvalue weighted by Crippen LogP contribution is 2.39. The van der Waals surface area contributed by atoms with Gasteiger partial charge in [-0.1, -0.05) is 11.8 Å². The summed E-state index contributed by atoms with van der Waals surface area (Å²) < 4.78 is 89.2. The number of alkyl halides is 3. The van der Waals surface area contributed by atoms with E-state index in [4.69, 9.17) is 5.14 Å². The number of hydrogen-bond acceptors (Lipinski definition) is 7. The summed E-state index contributed by atoms with van der Waals surface area (Å²) in [5, 5.41) is 7.17. The zero-order chi connectivity index (χ0) is 19.9. The Bertz CT molecular complexity index is 945. The largest absolute Gasteiger partial charge is 0.417 e. The highest BCUT2D eigenvalue weighted by atomic mass is 32.2. The minimum absolute atomic E-state index is 0.112. The highest BCUT2D eigenvalue weighted by Gasteiger charge is 2.40. The maximum Gasteiger partial charge on any atom is 0.417 e. The maximum absolute atomic E-state index is 13.2. The normalized spacial score (nSPS) is 19.5. The molecule has 1 unspecified atom stereocenters. The van der Waals surface area contributed by atoms with Crippen LogP contribution in [0.15, 0.2) is 21.9 Å². The number of nitrogens with one attached hydrogen (secondary N) is 2. The number of primary sulfonamides is 1. The van der Waals surface area contributed by atoms with Crippen LogP contribution in [0.2, 0.25) is 0 Å². The molecule has 0 spiro atoms. The molecule has 2 rings (SSSR count). The van der Waals surface area contributed by atoms with Crippen molar-refractivity contribution in [3.8, 4) is 0 Å². The summed E-state index contributed by atoms with van der Waals surface area (Å²) in [4.78, 5) is 8.91. The quantitative estimate of drug-likeness (QED) is 0.646. The van der Waals surface area contributed by atoms with Crippen LogP contribution in [0.4, 0.5) is 18.9 Å². The number of sulfonamides is 2. The summed E-state index contributed by atoms with van der Waals surface area (Å²) in [6, 6.07) is 0.780. The van der Waals surface area contributed by atoms with Crippen LogP contribution >= 0.6 is 11.8 Å². The van der Waals surface area contributed by atoms with Crippen LogP contribution in [-0.4, -0.2) is 33.9 Å². The summed E-state index contributed by atoms with van der Waals surface area (Å²) in [5.74, 6) is 0.228. The minimum Gasteiger partial charge on any atom is -0.368 e. The molecule has 0 aromatic heterocycles. The third kappa shape index (κ3) is 4.68. The number of halogens is 3. The number of hydrogen-bond donors (Lipinski definition) is 3. The van der Waals surface area contributed by atoms with E-state index >= 15 is 0 Å². The predicted octanol–water partition coefficient (Wildman–Crippen LogP) is 1.05. The number of carbonyl (C=O) groups excluding carboxylic acids is 1. The maximum atomic E-state index is 13.2. The molecule has 0 bridgehead atoms. The number of carbonyl (C=O) groups is 1. The van der Waals surface area contributed by atoms with Crippen molar-refractivity contribution in [1.29, 1.82) is 0 Å². The lowest BCUT2D eigenvalue weighted by Gasteiger charge is -2.29. The molecule has 146 valence electrons. The number of rotatable bonds is 4. The van der Waals surface area contributed by atoms with E-state index in [0.29, 0.717) is 12.1 Å². The van der Waals surface area contributed by atoms with Crippen LogP contribution in [0.3, 0.4) is 0 Å². The SMILES string of the molecule is CC(=O)SCCC1Nc2cc(C(F)(F)F)c(S(N)(=O)=O)cc2S(=O)(=O)N1. The monoisotopic (exact) mass is 433 g/mol. The fourth-order valence-corrected chi connectivity index (χ4v) is 5.11. The number of benzene rings is 1. The third-order valence-corrected chi connectivity index (χ3v) is 6.63. The lowest BCUT2D eigenvalue weighted by atomic mass is 10.2. The van der Waals surface area contributed by atoms with Crippen LogP contribution in [0, 0.1) is 0 Å². The smallest absolute Gasteiger partial charge is 0.368 e. The zero-order valence-corrected chi connectivity index (χ0v) is 15.6. The van der Waals surface area contributed by atoms with Gasteiger partial charge in [0.15, 0.2) is 5.12 Å². The van der Waals surface area contributed by atoms with Gasteiger partial charge in [0.05, 0.1) is 22.3 Å². The van der Waals surface area contributed by atoms with Crippen molar-refractivity contribution < 1.29 is 34.8 Å². The van der Waals surface area contributed by atoms with Gasteiger partial charge >= 0.3 is 6.18 Å². The molecule has 0 fully saturated rings. The molecule has 0 saturated heterocycles. The molecule has 4 N–H and O–H groups in total. The van der Waals surface area contributed by atoms with E-state index in [2.05, 4.69) is 10.0 Å².